The third-order valence-corrected chi connectivity index (χ3v) is 16.7. The first-order valence-electron chi connectivity index (χ1n) is 25.7. The van der Waals surface area contributed by atoms with Gasteiger partial charge in [0, 0.05) is 36.5 Å². The number of aliphatic hydroxyl groups excluding tert-OH is 1. The summed E-state index contributed by atoms with van der Waals surface area (Å²) in [6, 6.07) is 0. The van der Waals surface area contributed by atoms with Crippen molar-refractivity contribution in [2.24, 2.45) is 41.4 Å². The molecule has 0 saturated carbocycles. The molecule has 12 nitrogen and oxygen atoms in total. The minimum Gasteiger partial charge on any atom is -0.481 e. The number of Topliss-reactive ketones (excluding diaryl/α,β-unsaturated/α-hetero) is 1. The first-order chi connectivity index (χ1) is 30.2. The quantitative estimate of drug-likeness (QED) is 0.0568. The summed E-state index contributed by atoms with van der Waals surface area (Å²) in [5, 5.41) is 33.0. The molecule has 0 aromatic rings. The van der Waals surface area contributed by atoms with Gasteiger partial charge in [0.1, 0.15) is 5.78 Å². The molecule has 18 atom stereocenters. The maximum absolute atomic E-state index is 14.7. The molecule has 5 heterocycles. The van der Waals surface area contributed by atoms with Gasteiger partial charge >= 0.3 is 11.9 Å². The van der Waals surface area contributed by atoms with Crippen molar-refractivity contribution in [3.8, 4) is 0 Å². The molecule has 0 aromatic carbocycles. The standard InChI is InChI=1S/C52H88O12/c1-12-16-17-18-19-20-21-22-43(53)61-42-26-28-51(64-52(42)30-29-49(11,63-52)41-25-27-50(58,15-4)37(10)59-41)34(7)31-33(6)47(62-51)39(14-3)45(55)35(8)44(54)36(9)46-32(5)23-24-40(60-46)38(13-2)48(56)57/h26,28,32-42,44,46-47,54,58H,12-25,27,29-31H2,1-11H3,(H,56,57)/t32-,33-,34+,35-,36-,37-,38+,39-,40+,41+,42-,44+,46+,47-,49-,50+,51-,52-/m0/s1. The summed E-state index contributed by atoms with van der Waals surface area (Å²) in [7, 11) is 0. The van der Waals surface area contributed by atoms with Crippen molar-refractivity contribution >= 4 is 17.7 Å². The summed E-state index contributed by atoms with van der Waals surface area (Å²) in [5.74, 6) is -6.34. The lowest BCUT2D eigenvalue weighted by molar-refractivity contribution is -0.409. The second kappa shape index (κ2) is 22.5. The summed E-state index contributed by atoms with van der Waals surface area (Å²) in [4.78, 5) is 40.3. The Morgan fingerprint density at radius 1 is 0.812 bits per heavy atom. The van der Waals surface area contributed by atoms with Crippen LogP contribution in [0.2, 0.25) is 0 Å². The molecule has 12 heteroatoms. The molecule has 2 spiro atoms. The topological polar surface area (TPSA) is 167 Å². The Kier molecular flexibility index (Phi) is 18.6. The van der Waals surface area contributed by atoms with Crippen LogP contribution in [-0.4, -0.2) is 98.5 Å². The molecule has 0 aromatic heterocycles. The highest BCUT2D eigenvalue weighted by Gasteiger charge is 2.64. The van der Waals surface area contributed by atoms with E-state index in [4.69, 9.17) is 28.4 Å². The highest BCUT2D eigenvalue weighted by molar-refractivity contribution is 5.84. The van der Waals surface area contributed by atoms with E-state index >= 15 is 0 Å². The fourth-order valence-electron chi connectivity index (χ4n) is 12.0. The summed E-state index contributed by atoms with van der Waals surface area (Å²) < 4.78 is 40.9. The first-order valence-corrected chi connectivity index (χ1v) is 25.7. The molecule has 0 amide bonds. The van der Waals surface area contributed by atoms with Gasteiger partial charge in [-0.15, -0.1) is 0 Å². The van der Waals surface area contributed by atoms with E-state index in [0.29, 0.717) is 64.2 Å². The number of esters is 1. The van der Waals surface area contributed by atoms with Gasteiger partial charge in [0.2, 0.25) is 5.79 Å². The van der Waals surface area contributed by atoms with Gasteiger partial charge in [-0.2, -0.15) is 0 Å². The third kappa shape index (κ3) is 11.5. The molecule has 64 heavy (non-hydrogen) atoms. The van der Waals surface area contributed by atoms with Crippen LogP contribution in [-0.2, 0) is 42.8 Å². The molecule has 368 valence electrons. The van der Waals surface area contributed by atoms with Gasteiger partial charge in [0.25, 0.3) is 0 Å². The molecule has 4 fully saturated rings. The maximum Gasteiger partial charge on any atom is 0.309 e. The van der Waals surface area contributed by atoms with Gasteiger partial charge in [-0.05, 0) is 102 Å². The van der Waals surface area contributed by atoms with E-state index in [1.165, 1.54) is 25.7 Å². The Balaban J connectivity index is 1.36. The van der Waals surface area contributed by atoms with Gasteiger partial charge in [-0.25, -0.2) is 0 Å². The van der Waals surface area contributed by atoms with E-state index in [0.717, 1.165) is 25.7 Å². The number of ether oxygens (including phenoxy) is 6. The van der Waals surface area contributed by atoms with Gasteiger partial charge in [0.15, 0.2) is 11.9 Å². The van der Waals surface area contributed by atoms with E-state index in [2.05, 4.69) is 27.7 Å². The zero-order chi connectivity index (χ0) is 47.2. The molecular weight excluding hydrogens is 817 g/mol. The van der Waals surface area contributed by atoms with Crippen molar-refractivity contribution in [2.45, 2.75) is 257 Å². The van der Waals surface area contributed by atoms with Crippen molar-refractivity contribution in [3.05, 3.63) is 12.2 Å². The maximum atomic E-state index is 14.7. The number of hydrogen-bond donors (Lipinski definition) is 3. The van der Waals surface area contributed by atoms with Crippen molar-refractivity contribution in [3.63, 3.8) is 0 Å². The van der Waals surface area contributed by atoms with Crippen LogP contribution < -0.4 is 0 Å². The highest BCUT2D eigenvalue weighted by atomic mass is 16.8. The number of hydrogen-bond acceptors (Lipinski definition) is 11. The summed E-state index contributed by atoms with van der Waals surface area (Å²) in [6.07, 6.45) is 13.6. The summed E-state index contributed by atoms with van der Waals surface area (Å²) >= 11 is 0. The number of unbranched alkanes of at least 4 members (excludes halogenated alkanes) is 6. The number of aliphatic hydroxyl groups is 2. The van der Waals surface area contributed by atoms with Crippen LogP contribution in [0.1, 0.15) is 192 Å². The summed E-state index contributed by atoms with van der Waals surface area (Å²) in [5.41, 5.74) is -1.72. The van der Waals surface area contributed by atoms with Crippen molar-refractivity contribution in [2.75, 3.05) is 0 Å². The lowest BCUT2D eigenvalue weighted by Gasteiger charge is -2.54. The highest BCUT2D eigenvalue weighted by Crippen LogP contribution is 2.55. The van der Waals surface area contributed by atoms with Crippen LogP contribution >= 0.6 is 0 Å². The molecule has 5 rings (SSSR count). The molecule has 0 aliphatic carbocycles. The van der Waals surface area contributed by atoms with Gasteiger partial charge in [-0.3, -0.25) is 14.4 Å². The number of rotatable bonds is 21. The van der Waals surface area contributed by atoms with E-state index in [1.807, 2.05) is 53.7 Å². The van der Waals surface area contributed by atoms with Crippen molar-refractivity contribution in [1.82, 2.24) is 0 Å². The molecular formula is C52H88O12. The molecule has 0 radical (unpaired) electrons. The predicted octanol–water partition coefficient (Wildman–Crippen LogP) is 9.88. The average molecular weight is 905 g/mol. The molecule has 5 aliphatic heterocycles. The normalized spacial score (nSPS) is 40.2. The molecule has 0 unspecified atom stereocenters. The van der Waals surface area contributed by atoms with Crippen LogP contribution in [0.3, 0.4) is 0 Å². The van der Waals surface area contributed by atoms with Crippen LogP contribution in [0.5, 0.6) is 0 Å². The fraction of sp³-hybridized carbons (Fsp3) is 0.904. The van der Waals surface area contributed by atoms with Crippen LogP contribution in [0.4, 0.5) is 0 Å². The number of ketones is 1. The van der Waals surface area contributed by atoms with E-state index in [1.54, 1.807) is 6.92 Å². The Bertz CT molecular complexity index is 1570. The molecule has 4 saturated heterocycles. The van der Waals surface area contributed by atoms with Gasteiger partial charge < -0.3 is 43.7 Å². The van der Waals surface area contributed by atoms with Crippen LogP contribution in [0.25, 0.3) is 0 Å². The summed E-state index contributed by atoms with van der Waals surface area (Å²) in [6.45, 7) is 21.9. The van der Waals surface area contributed by atoms with Crippen LogP contribution in [0, 0.1) is 41.4 Å². The SMILES string of the molecule is CCCCCCCCCC(=O)O[C@H]1C=C[C@]2(O[C@H]([C@@H](CC)C(=O)[C@@H](C)[C@@H](O)[C@H](C)[C@@H]3O[C@@H]([C@@H](CC)C(=O)O)CC[C@@H]3C)[C@@H](C)C[C@H]2C)O[C@@]12CC[C@@](C)([C@H]1CC[C@](O)(CC)[C@H](C)O1)O2. The Labute approximate surface area is 385 Å². The van der Waals surface area contributed by atoms with Crippen molar-refractivity contribution < 1.29 is 58.1 Å². The minimum atomic E-state index is -1.39. The zero-order valence-corrected chi connectivity index (χ0v) is 41.5. The molecule has 0 bridgehead atoms. The Hall–Kier alpha value is -1.93. The second-order valence-corrected chi connectivity index (χ2v) is 21.3. The predicted molar refractivity (Wildman–Crippen MR) is 245 cm³/mol. The Morgan fingerprint density at radius 3 is 2.11 bits per heavy atom. The monoisotopic (exact) mass is 905 g/mol. The number of aliphatic carboxylic acids is 1. The second-order valence-electron chi connectivity index (χ2n) is 21.3. The fourth-order valence-corrected chi connectivity index (χ4v) is 12.0. The van der Waals surface area contributed by atoms with E-state index in [-0.39, 0.29) is 41.7 Å². The van der Waals surface area contributed by atoms with Gasteiger partial charge in [0.05, 0.1) is 53.7 Å². The Morgan fingerprint density at radius 2 is 1.48 bits per heavy atom. The van der Waals surface area contributed by atoms with Gasteiger partial charge in [-0.1, -0.05) is 101 Å². The van der Waals surface area contributed by atoms with E-state index in [9.17, 15) is 29.7 Å². The molecule has 5 aliphatic rings. The third-order valence-electron chi connectivity index (χ3n) is 16.7. The average Bonchev–Trinajstić information content (AvgIpc) is 3.61. The van der Waals surface area contributed by atoms with Crippen LogP contribution in [0.15, 0.2) is 12.2 Å². The number of carboxylic acids is 1. The number of carboxylic acid groups (broad SMARTS) is 1. The first kappa shape index (κ1) is 53.0. The molecule has 3 N–H and O–H groups in total. The zero-order valence-electron chi connectivity index (χ0n) is 41.5. The lowest BCUT2D eigenvalue weighted by atomic mass is 9.72. The largest absolute Gasteiger partial charge is 0.481 e. The lowest BCUT2D eigenvalue weighted by Crippen LogP contribution is -2.63. The number of carbonyl (C=O) groups excluding carboxylic acids is 2. The smallest absolute Gasteiger partial charge is 0.309 e. The van der Waals surface area contributed by atoms with E-state index < -0.39 is 82.9 Å². The number of carbonyl (C=O) groups is 3. The van der Waals surface area contributed by atoms with Crippen molar-refractivity contribution in [1.29, 1.82) is 0 Å². The minimum absolute atomic E-state index is 0.0181.